The molecule has 0 radical (unpaired) electrons. The minimum atomic E-state index is 0.724. The van der Waals surface area contributed by atoms with Crippen LogP contribution in [0.4, 0.5) is 0 Å². The molecule has 0 unspecified atom stereocenters. The lowest BCUT2D eigenvalue weighted by Crippen LogP contribution is -2.33. The van der Waals surface area contributed by atoms with E-state index in [4.69, 9.17) is 0 Å². The number of hydrogen-bond acceptors (Lipinski definition) is 1. The zero-order chi connectivity index (χ0) is 8.55. The van der Waals surface area contributed by atoms with Crippen LogP contribution in [-0.2, 0) is 12.6 Å². The molecule has 2 heteroatoms. The second kappa shape index (κ2) is 2.94. The summed E-state index contributed by atoms with van der Waals surface area (Å²) in [6, 6.07) is 8.77. The number of benzene rings is 1. The molecule has 1 aliphatic rings. The zero-order valence-electron chi connectivity index (χ0n) is 7.75. The normalized spacial score (nSPS) is 15.4. The number of hydrogen-bond donors (Lipinski definition) is 0. The minimum Gasteiger partial charge on any atom is -0.347 e. The Hall–Kier alpha value is -0.755. The molecular weight excluding hydrogens is 145 g/mol. The third kappa shape index (κ3) is 1.27. The molecule has 0 atom stereocenters. The summed E-state index contributed by atoms with van der Waals surface area (Å²) < 4.78 is 0. The molecule has 0 aliphatic carbocycles. The van der Waals surface area contributed by atoms with Gasteiger partial charge in [-0.05, 0) is 26.7 Å². The predicted molar refractivity (Wildman–Crippen MR) is 53.3 cm³/mol. The van der Waals surface area contributed by atoms with Crippen LogP contribution in [0.1, 0.15) is 11.1 Å². The van der Waals surface area contributed by atoms with Crippen molar-refractivity contribution in [1.29, 1.82) is 0 Å². The van der Waals surface area contributed by atoms with Gasteiger partial charge in [0.15, 0.2) is 0 Å². The Labute approximate surface area is 74.5 Å². The summed E-state index contributed by atoms with van der Waals surface area (Å²) in [6.07, 6.45) is 2.45. The summed E-state index contributed by atoms with van der Waals surface area (Å²) >= 11 is 0. The summed E-state index contributed by atoms with van der Waals surface area (Å²) in [5, 5.41) is 0. The molecule has 0 saturated carbocycles. The Morgan fingerprint density at radius 3 is 2.00 bits per heavy atom. The van der Waals surface area contributed by atoms with Gasteiger partial charge < -0.3 is 4.81 Å². The molecular formula is C10H14BN. The van der Waals surface area contributed by atoms with Crippen molar-refractivity contribution >= 4 is 6.85 Å². The van der Waals surface area contributed by atoms with Crippen molar-refractivity contribution in [2.24, 2.45) is 0 Å². The summed E-state index contributed by atoms with van der Waals surface area (Å²) in [6.45, 7) is 0.724. The molecule has 0 amide bonds. The van der Waals surface area contributed by atoms with Crippen LogP contribution in [0.5, 0.6) is 0 Å². The lowest BCUT2D eigenvalue weighted by molar-refractivity contribution is 0.635. The fourth-order valence-electron chi connectivity index (χ4n) is 1.90. The molecule has 0 N–H and O–H groups in total. The molecule has 0 aromatic heterocycles. The highest BCUT2D eigenvalue weighted by Gasteiger charge is 2.25. The molecule has 2 rings (SSSR count). The van der Waals surface area contributed by atoms with Gasteiger partial charge in [-0.2, -0.15) is 0 Å². The standard InChI is InChI=1S/C10H14BN/c1-12(2)11-7-9-5-3-4-6-10(9)8-11/h3-6H,7-8H2,1-2H3. The van der Waals surface area contributed by atoms with E-state index in [0.29, 0.717) is 0 Å². The maximum atomic E-state index is 2.32. The summed E-state index contributed by atoms with van der Waals surface area (Å²) in [5.74, 6) is 0. The van der Waals surface area contributed by atoms with E-state index in [1.807, 2.05) is 0 Å². The fraction of sp³-hybridized carbons (Fsp3) is 0.400. The van der Waals surface area contributed by atoms with Crippen LogP contribution in [0.2, 0.25) is 0 Å². The van der Waals surface area contributed by atoms with Gasteiger partial charge >= 0.3 is 0 Å². The van der Waals surface area contributed by atoms with Gasteiger partial charge in [-0.3, -0.25) is 0 Å². The molecule has 1 aromatic carbocycles. The topological polar surface area (TPSA) is 3.24 Å². The van der Waals surface area contributed by atoms with Gasteiger partial charge in [0.1, 0.15) is 0 Å². The fourth-order valence-corrected chi connectivity index (χ4v) is 1.90. The number of fused-ring (bicyclic) bond motifs is 1. The van der Waals surface area contributed by atoms with Gasteiger partial charge in [0.2, 0.25) is 6.85 Å². The van der Waals surface area contributed by atoms with E-state index in [1.165, 1.54) is 23.8 Å². The van der Waals surface area contributed by atoms with E-state index < -0.39 is 0 Å². The van der Waals surface area contributed by atoms with Crippen molar-refractivity contribution in [3.8, 4) is 0 Å². The van der Waals surface area contributed by atoms with Crippen molar-refractivity contribution in [2.75, 3.05) is 14.1 Å². The van der Waals surface area contributed by atoms with Crippen LogP contribution in [0, 0.1) is 0 Å². The second-order valence-corrected chi connectivity index (χ2v) is 3.79. The molecule has 1 nitrogen and oxygen atoms in total. The minimum absolute atomic E-state index is 0.724. The van der Waals surface area contributed by atoms with Crippen molar-refractivity contribution in [3.63, 3.8) is 0 Å². The molecule has 0 saturated heterocycles. The Morgan fingerprint density at radius 2 is 1.58 bits per heavy atom. The van der Waals surface area contributed by atoms with E-state index in [2.05, 4.69) is 43.2 Å². The molecule has 12 heavy (non-hydrogen) atoms. The predicted octanol–water partition coefficient (Wildman–Crippen LogP) is 1.42. The van der Waals surface area contributed by atoms with Gasteiger partial charge in [-0.1, -0.05) is 35.4 Å². The SMILES string of the molecule is CN(C)B1Cc2ccccc2C1. The first-order valence-corrected chi connectivity index (χ1v) is 4.50. The smallest absolute Gasteiger partial charge is 0.231 e. The molecule has 0 fully saturated rings. The lowest BCUT2D eigenvalue weighted by Gasteiger charge is -2.13. The molecule has 0 spiro atoms. The number of nitrogens with zero attached hydrogens (tertiary/aromatic N) is 1. The van der Waals surface area contributed by atoms with Crippen molar-refractivity contribution < 1.29 is 0 Å². The van der Waals surface area contributed by atoms with Gasteiger partial charge in [-0.25, -0.2) is 0 Å². The Balaban J connectivity index is 2.22. The quantitative estimate of drug-likeness (QED) is 0.560. The van der Waals surface area contributed by atoms with Gasteiger partial charge in [-0.15, -0.1) is 0 Å². The Bertz CT molecular complexity index is 258. The lowest BCUT2D eigenvalue weighted by atomic mass is 9.58. The third-order valence-corrected chi connectivity index (χ3v) is 2.76. The van der Waals surface area contributed by atoms with Crippen LogP contribution in [0.25, 0.3) is 0 Å². The first-order chi connectivity index (χ1) is 5.77. The Morgan fingerprint density at radius 1 is 1.08 bits per heavy atom. The molecule has 0 bridgehead atoms. The number of rotatable bonds is 1. The van der Waals surface area contributed by atoms with Crippen LogP contribution in [0.15, 0.2) is 24.3 Å². The maximum Gasteiger partial charge on any atom is 0.231 e. The van der Waals surface area contributed by atoms with Gasteiger partial charge in [0.25, 0.3) is 0 Å². The highest BCUT2D eigenvalue weighted by molar-refractivity contribution is 6.56. The largest absolute Gasteiger partial charge is 0.347 e. The van der Waals surface area contributed by atoms with E-state index in [9.17, 15) is 0 Å². The van der Waals surface area contributed by atoms with Crippen LogP contribution >= 0.6 is 0 Å². The van der Waals surface area contributed by atoms with Crippen molar-refractivity contribution in [1.82, 2.24) is 4.81 Å². The summed E-state index contributed by atoms with van der Waals surface area (Å²) in [5.41, 5.74) is 3.08. The first-order valence-electron chi connectivity index (χ1n) is 4.50. The monoisotopic (exact) mass is 159 g/mol. The van der Waals surface area contributed by atoms with E-state index in [1.54, 1.807) is 0 Å². The highest BCUT2D eigenvalue weighted by atomic mass is 15.0. The van der Waals surface area contributed by atoms with E-state index in [0.717, 1.165) is 6.85 Å². The maximum absolute atomic E-state index is 2.32. The summed E-state index contributed by atoms with van der Waals surface area (Å²) in [4.78, 5) is 2.32. The molecule has 1 heterocycles. The second-order valence-electron chi connectivity index (χ2n) is 3.79. The molecule has 1 aromatic rings. The van der Waals surface area contributed by atoms with Crippen molar-refractivity contribution in [3.05, 3.63) is 35.4 Å². The molecule has 62 valence electrons. The first kappa shape index (κ1) is 7.87. The highest BCUT2D eigenvalue weighted by Crippen LogP contribution is 2.21. The average Bonchev–Trinajstić information content (AvgIpc) is 2.46. The molecule has 1 aliphatic heterocycles. The average molecular weight is 159 g/mol. The van der Waals surface area contributed by atoms with Crippen LogP contribution < -0.4 is 0 Å². The van der Waals surface area contributed by atoms with Crippen molar-refractivity contribution in [2.45, 2.75) is 12.6 Å². The van der Waals surface area contributed by atoms with Crippen LogP contribution in [-0.4, -0.2) is 25.8 Å². The Kier molecular flexibility index (Phi) is 1.93. The van der Waals surface area contributed by atoms with Crippen LogP contribution in [0.3, 0.4) is 0 Å². The van der Waals surface area contributed by atoms with Gasteiger partial charge in [0.05, 0.1) is 0 Å². The van der Waals surface area contributed by atoms with E-state index in [-0.39, 0.29) is 0 Å². The van der Waals surface area contributed by atoms with E-state index >= 15 is 0 Å². The third-order valence-electron chi connectivity index (χ3n) is 2.76. The zero-order valence-corrected chi connectivity index (χ0v) is 7.75. The summed E-state index contributed by atoms with van der Waals surface area (Å²) in [7, 11) is 4.33. The van der Waals surface area contributed by atoms with Gasteiger partial charge in [0, 0.05) is 0 Å².